The second-order valence-corrected chi connectivity index (χ2v) is 5.66. The Bertz CT molecular complexity index is 555. The highest BCUT2D eigenvalue weighted by atomic mass is 16.6. The Morgan fingerprint density at radius 3 is 2.65 bits per heavy atom. The number of carbonyl (C=O) groups is 1. The van der Waals surface area contributed by atoms with E-state index in [0.717, 1.165) is 12.8 Å². The number of non-ortho nitro benzene ring substituents is 1. The van der Waals surface area contributed by atoms with E-state index in [-0.39, 0.29) is 11.6 Å². The van der Waals surface area contributed by atoms with Crippen molar-refractivity contribution in [3.8, 4) is 0 Å². The quantitative estimate of drug-likeness (QED) is 0.633. The minimum atomic E-state index is -0.493. The molecule has 108 valence electrons. The second kappa shape index (κ2) is 5.20. The average molecular weight is 277 g/mol. The summed E-state index contributed by atoms with van der Waals surface area (Å²) in [7, 11) is 0. The molecule has 6 nitrogen and oxygen atoms in total. The summed E-state index contributed by atoms with van der Waals surface area (Å²) in [6, 6.07) is 4.39. The van der Waals surface area contributed by atoms with Crippen LogP contribution in [-0.2, 0) is 0 Å². The van der Waals surface area contributed by atoms with Crippen LogP contribution in [0.15, 0.2) is 18.2 Å². The Hall–Kier alpha value is -1.95. The van der Waals surface area contributed by atoms with E-state index >= 15 is 0 Å². The number of nitro groups is 1. The van der Waals surface area contributed by atoms with Crippen molar-refractivity contribution in [2.45, 2.75) is 32.2 Å². The zero-order chi connectivity index (χ0) is 14.9. The molecule has 0 spiro atoms. The molecule has 3 N–H and O–H groups in total. The van der Waals surface area contributed by atoms with Crippen LogP contribution in [0.1, 0.15) is 35.7 Å². The van der Waals surface area contributed by atoms with E-state index in [2.05, 4.69) is 5.32 Å². The van der Waals surface area contributed by atoms with Gasteiger partial charge in [-0.25, -0.2) is 0 Å². The van der Waals surface area contributed by atoms with Gasteiger partial charge in [0.15, 0.2) is 0 Å². The number of hydrogen-bond acceptors (Lipinski definition) is 4. The number of nitrogens with two attached hydrogens (primary N) is 1. The van der Waals surface area contributed by atoms with E-state index in [1.807, 2.05) is 6.92 Å². The van der Waals surface area contributed by atoms with Gasteiger partial charge in [-0.15, -0.1) is 0 Å². The number of nitrogens with one attached hydrogen (secondary N) is 1. The maximum absolute atomic E-state index is 12.3. The van der Waals surface area contributed by atoms with Crippen LogP contribution < -0.4 is 11.1 Å². The molecule has 1 amide bonds. The number of nitro benzene ring substituents is 1. The van der Waals surface area contributed by atoms with E-state index in [0.29, 0.717) is 23.6 Å². The molecule has 2 rings (SSSR count). The molecule has 1 unspecified atom stereocenters. The second-order valence-electron chi connectivity index (χ2n) is 5.66. The topological polar surface area (TPSA) is 98.3 Å². The lowest BCUT2D eigenvalue weighted by Gasteiger charge is -2.29. The van der Waals surface area contributed by atoms with Crippen LogP contribution in [-0.4, -0.2) is 22.9 Å². The number of amides is 1. The molecular formula is C14H19N3O3. The molecule has 1 fully saturated rings. The zero-order valence-electron chi connectivity index (χ0n) is 11.7. The summed E-state index contributed by atoms with van der Waals surface area (Å²) in [4.78, 5) is 22.6. The number of rotatable bonds is 5. The van der Waals surface area contributed by atoms with Gasteiger partial charge < -0.3 is 11.1 Å². The standard InChI is InChI=1S/C14H19N3O3/c1-9-5-10(7-12(6-9)17(19)20)13(18)16-14(2,8-15)11-3-4-11/h5-7,11H,3-4,8,15H2,1-2H3,(H,16,18). The predicted octanol–water partition coefficient (Wildman–Crippen LogP) is 1.76. The highest BCUT2D eigenvalue weighted by Crippen LogP contribution is 2.39. The first-order chi connectivity index (χ1) is 9.35. The van der Waals surface area contributed by atoms with Crippen molar-refractivity contribution in [1.29, 1.82) is 0 Å². The van der Waals surface area contributed by atoms with Gasteiger partial charge in [-0.2, -0.15) is 0 Å². The van der Waals surface area contributed by atoms with Crippen LogP contribution in [0.4, 0.5) is 5.69 Å². The fraction of sp³-hybridized carbons (Fsp3) is 0.500. The maximum atomic E-state index is 12.3. The molecule has 0 radical (unpaired) electrons. The summed E-state index contributed by atoms with van der Waals surface area (Å²) in [6.45, 7) is 4.01. The maximum Gasteiger partial charge on any atom is 0.270 e. The number of nitrogens with zero attached hydrogens (tertiary/aromatic N) is 1. The van der Waals surface area contributed by atoms with Crippen molar-refractivity contribution < 1.29 is 9.72 Å². The normalized spacial score (nSPS) is 17.4. The van der Waals surface area contributed by atoms with Crippen molar-refractivity contribution in [3.63, 3.8) is 0 Å². The van der Waals surface area contributed by atoms with Crippen LogP contribution in [0.25, 0.3) is 0 Å². The van der Waals surface area contributed by atoms with Crippen LogP contribution in [0.3, 0.4) is 0 Å². The van der Waals surface area contributed by atoms with Gasteiger partial charge in [0, 0.05) is 24.2 Å². The third kappa shape index (κ3) is 2.96. The summed E-state index contributed by atoms with van der Waals surface area (Å²) >= 11 is 0. The molecule has 0 aromatic heterocycles. The van der Waals surface area contributed by atoms with E-state index in [4.69, 9.17) is 5.73 Å². The number of benzene rings is 1. The number of hydrogen-bond donors (Lipinski definition) is 2. The summed E-state index contributed by atoms with van der Waals surface area (Å²) in [5, 5.41) is 13.8. The molecular weight excluding hydrogens is 258 g/mol. The highest BCUT2D eigenvalue weighted by Gasteiger charge is 2.41. The SMILES string of the molecule is Cc1cc(C(=O)NC(C)(CN)C2CC2)cc([N+](=O)[O-])c1. The Labute approximate surface area is 117 Å². The monoisotopic (exact) mass is 277 g/mol. The van der Waals surface area contributed by atoms with E-state index in [1.54, 1.807) is 13.0 Å². The van der Waals surface area contributed by atoms with Crippen LogP contribution in [0, 0.1) is 23.0 Å². The first kappa shape index (κ1) is 14.5. The largest absolute Gasteiger partial charge is 0.345 e. The Kier molecular flexibility index (Phi) is 3.76. The van der Waals surface area contributed by atoms with Crippen LogP contribution in [0.2, 0.25) is 0 Å². The summed E-state index contributed by atoms with van der Waals surface area (Å²) in [5.74, 6) is 0.0906. The Morgan fingerprint density at radius 2 is 2.15 bits per heavy atom. The van der Waals surface area contributed by atoms with Crippen LogP contribution in [0.5, 0.6) is 0 Å². The Morgan fingerprint density at radius 1 is 1.50 bits per heavy atom. The minimum Gasteiger partial charge on any atom is -0.345 e. The highest BCUT2D eigenvalue weighted by molar-refractivity contribution is 5.95. The van der Waals surface area contributed by atoms with Gasteiger partial charge in [-0.1, -0.05) is 0 Å². The van der Waals surface area contributed by atoms with Crippen molar-refractivity contribution in [2.75, 3.05) is 6.54 Å². The lowest BCUT2D eigenvalue weighted by atomic mass is 9.95. The Balaban J connectivity index is 2.22. The van der Waals surface area contributed by atoms with Crippen molar-refractivity contribution in [3.05, 3.63) is 39.4 Å². The first-order valence-electron chi connectivity index (χ1n) is 6.64. The molecule has 1 saturated carbocycles. The number of carbonyl (C=O) groups excluding carboxylic acids is 1. The summed E-state index contributed by atoms with van der Waals surface area (Å²) in [5.41, 5.74) is 6.24. The van der Waals surface area contributed by atoms with Gasteiger partial charge in [0.25, 0.3) is 11.6 Å². The molecule has 0 aliphatic heterocycles. The van der Waals surface area contributed by atoms with Crippen molar-refractivity contribution >= 4 is 11.6 Å². The molecule has 1 aliphatic carbocycles. The third-order valence-corrected chi connectivity index (χ3v) is 3.84. The van der Waals surface area contributed by atoms with Crippen LogP contribution >= 0.6 is 0 Å². The molecule has 1 aromatic carbocycles. The first-order valence-corrected chi connectivity index (χ1v) is 6.64. The third-order valence-electron chi connectivity index (χ3n) is 3.84. The van der Waals surface area contributed by atoms with E-state index in [1.165, 1.54) is 12.1 Å². The van der Waals surface area contributed by atoms with E-state index in [9.17, 15) is 14.9 Å². The molecule has 0 bridgehead atoms. The molecule has 20 heavy (non-hydrogen) atoms. The van der Waals surface area contributed by atoms with Gasteiger partial charge in [-0.05, 0) is 44.2 Å². The van der Waals surface area contributed by atoms with Gasteiger partial charge in [0.1, 0.15) is 0 Å². The van der Waals surface area contributed by atoms with E-state index < -0.39 is 10.5 Å². The number of aryl methyl sites for hydroxylation is 1. The molecule has 1 atom stereocenters. The smallest absolute Gasteiger partial charge is 0.270 e. The molecule has 1 aliphatic rings. The zero-order valence-corrected chi connectivity index (χ0v) is 11.7. The predicted molar refractivity (Wildman–Crippen MR) is 75.5 cm³/mol. The summed E-state index contributed by atoms with van der Waals surface area (Å²) < 4.78 is 0. The molecule has 0 heterocycles. The van der Waals surface area contributed by atoms with Gasteiger partial charge >= 0.3 is 0 Å². The minimum absolute atomic E-state index is 0.0731. The summed E-state index contributed by atoms with van der Waals surface area (Å²) in [6.07, 6.45) is 2.11. The lowest BCUT2D eigenvalue weighted by molar-refractivity contribution is -0.384. The van der Waals surface area contributed by atoms with Crippen molar-refractivity contribution in [1.82, 2.24) is 5.32 Å². The van der Waals surface area contributed by atoms with Gasteiger partial charge in [0.05, 0.1) is 10.5 Å². The fourth-order valence-corrected chi connectivity index (χ4v) is 2.37. The molecule has 6 heteroatoms. The fourth-order valence-electron chi connectivity index (χ4n) is 2.37. The van der Waals surface area contributed by atoms with Gasteiger partial charge in [-0.3, -0.25) is 14.9 Å². The average Bonchev–Trinajstić information content (AvgIpc) is 3.22. The van der Waals surface area contributed by atoms with Gasteiger partial charge in [0.2, 0.25) is 0 Å². The molecule has 0 saturated heterocycles. The lowest BCUT2D eigenvalue weighted by Crippen LogP contribution is -2.53. The van der Waals surface area contributed by atoms with Crippen molar-refractivity contribution in [2.24, 2.45) is 11.7 Å². The molecule has 1 aromatic rings.